The minimum absolute atomic E-state index is 0.116. The molecule has 1 heterocycles. The number of benzene rings is 2. The van der Waals surface area contributed by atoms with E-state index < -0.39 is 10.8 Å². The summed E-state index contributed by atoms with van der Waals surface area (Å²) >= 11 is 6.01. The first-order chi connectivity index (χ1) is 12.0. The molecule has 8 nitrogen and oxygen atoms in total. The minimum atomic E-state index is -0.521. The van der Waals surface area contributed by atoms with Gasteiger partial charge in [0.05, 0.1) is 16.3 Å². The van der Waals surface area contributed by atoms with Crippen LogP contribution in [-0.2, 0) is 0 Å². The van der Waals surface area contributed by atoms with Gasteiger partial charge in [0.1, 0.15) is 12.7 Å². The van der Waals surface area contributed by atoms with E-state index in [0.717, 1.165) is 0 Å². The lowest BCUT2D eigenvalue weighted by Gasteiger charge is -2.11. The van der Waals surface area contributed by atoms with Crippen molar-refractivity contribution in [3.8, 4) is 5.69 Å². The number of hydrogen-bond acceptors (Lipinski definition) is 5. The van der Waals surface area contributed by atoms with Gasteiger partial charge < -0.3 is 5.32 Å². The van der Waals surface area contributed by atoms with Gasteiger partial charge in [0.25, 0.3) is 11.6 Å². The summed E-state index contributed by atoms with van der Waals surface area (Å²) in [6, 6.07) is 9.21. The number of carbonyl (C=O) groups is 1. The molecule has 3 aromatic rings. The highest BCUT2D eigenvalue weighted by molar-refractivity contribution is 6.31. The molecular formula is C16H12ClN5O3. The van der Waals surface area contributed by atoms with Crippen molar-refractivity contribution in [3.05, 3.63) is 75.3 Å². The molecule has 126 valence electrons. The van der Waals surface area contributed by atoms with Crippen molar-refractivity contribution in [1.29, 1.82) is 0 Å². The number of nitro benzene ring substituents is 1. The lowest BCUT2D eigenvalue weighted by atomic mass is 10.1. The number of anilines is 1. The zero-order valence-corrected chi connectivity index (χ0v) is 13.8. The Morgan fingerprint density at radius 2 is 2.08 bits per heavy atom. The minimum Gasteiger partial charge on any atom is -0.320 e. The highest BCUT2D eigenvalue weighted by Crippen LogP contribution is 2.25. The van der Waals surface area contributed by atoms with Crippen molar-refractivity contribution in [2.75, 3.05) is 5.32 Å². The van der Waals surface area contributed by atoms with E-state index >= 15 is 0 Å². The van der Waals surface area contributed by atoms with E-state index in [-0.39, 0.29) is 11.3 Å². The fraction of sp³-hybridized carbons (Fsp3) is 0.0625. The summed E-state index contributed by atoms with van der Waals surface area (Å²) < 4.78 is 1.48. The van der Waals surface area contributed by atoms with E-state index in [0.29, 0.717) is 22.0 Å². The van der Waals surface area contributed by atoms with Crippen LogP contribution >= 0.6 is 11.6 Å². The quantitative estimate of drug-likeness (QED) is 0.569. The van der Waals surface area contributed by atoms with Gasteiger partial charge >= 0.3 is 0 Å². The molecule has 9 heteroatoms. The molecular weight excluding hydrogens is 346 g/mol. The van der Waals surface area contributed by atoms with Gasteiger partial charge in [0.2, 0.25) is 0 Å². The molecule has 0 aliphatic heterocycles. The van der Waals surface area contributed by atoms with Crippen LogP contribution < -0.4 is 5.32 Å². The Hall–Kier alpha value is -3.26. The van der Waals surface area contributed by atoms with Crippen molar-refractivity contribution in [2.45, 2.75) is 6.92 Å². The molecule has 1 amide bonds. The summed E-state index contributed by atoms with van der Waals surface area (Å²) in [5.74, 6) is -0.494. The number of nitro groups is 1. The Labute approximate surface area is 147 Å². The van der Waals surface area contributed by atoms with E-state index in [1.54, 1.807) is 25.1 Å². The number of rotatable bonds is 4. The largest absolute Gasteiger partial charge is 0.320 e. The first-order valence-electron chi connectivity index (χ1n) is 7.16. The SMILES string of the molecule is Cc1ccc(C(=O)Nc2cc(Cl)ccc2-n2cncn2)cc1[N+](=O)[O-]. The third kappa shape index (κ3) is 3.48. The zero-order chi connectivity index (χ0) is 18.0. The maximum absolute atomic E-state index is 12.5. The molecule has 0 saturated heterocycles. The van der Waals surface area contributed by atoms with Crippen molar-refractivity contribution in [2.24, 2.45) is 0 Å². The predicted molar refractivity (Wildman–Crippen MR) is 92.2 cm³/mol. The third-order valence-corrected chi connectivity index (χ3v) is 3.78. The van der Waals surface area contributed by atoms with Crippen LogP contribution in [0.5, 0.6) is 0 Å². The van der Waals surface area contributed by atoms with Gasteiger partial charge in [-0.15, -0.1) is 0 Å². The molecule has 2 aromatic carbocycles. The monoisotopic (exact) mass is 357 g/mol. The van der Waals surface area contributed by atoms with Gasteiger partial charge in [-0.25, -0.2) is 9.67 Å². The molecule has 0 radical (unpaired) electrons. The van der Waals surface area contributed by atoms with E-state index in [2.05, 4.69) is 15.4 Å². The van der Waals surface area contributed by atoms with Crippen molar-refractivity contribution in [1.82, 2.24) is 14.8 Å². The van der Waals surface area contributed by atoms with Crippen LogP contribution in [0.4, 0.5) is 11.4 Å². The molecule has 1 aromatic heterocycles. The van der Waals surface area contributed by atoms with E-state index in [1.807, 2.05) is 0 Å². The Morgan fingerprint density at radius 1 is 1.28 bits per heavy atom. The highest BCUT2D eigenvalue weighted by atomic mass is 35.5. The molecule has 0 aliphatic carbocycles. The smallest absolute Gasteiger partial charge is 0.273 e. The van der Waals surface area contributed by atoms with Gasteiger partial charge in [-0.3, -0.25) is 14.9 Å². The number of amides is 1. The first kappa shape index (κ1) is 16.6. The topological polar surface area (TPSA) is 103 Å². The van der Waals surface area contributed by atoms with Crippen LogP contribution in [-0.4, -0.2) is 25.6 Å². The molecule has 0 atom stereocenters. The highest BCUT2D eigenvalue weighted by Gasteiger charge is 2.16. The van der Waals surface area contributed by atoms with Gasteiger partial charge in [0.15, 0.2) is 0 Å². The standard InChI is InChI=1S/C16H12ClN5O3/c1-10-2-3-11(6-15(10)22(24)25)16(23)20-13-7-12(17)4-5-14(13)21-9-18-8-19-21/h2-9H,1H3,(H,20,23). The van der Waals surface area contributed by atoms with Crippen LogP contribution in [0.2, 0.25) is 5.02 Å². The number of nitrogens with one attached hydrogen (secondary N) is 1. The normalized spacial score (nSPS) is 10.5. The number of carbonyl (C=O) groups excluding carboxylic acids is 1. The Kier molecular flexibility index (Phi) is 4.44. The fourth-order valence-electron chi connectivity index (χ4n) is 2.28. The van der Waals surface area contributed by atoms with Crippen molar-refractivity contribution >= 4 is 28.9 Å². The average molecular weight is 358 g/mol. The summed E-state index contributed by atoms with van der Waals surface area (Å²) in [7, 11) is 0. The van der Waals surface area contributed by atoms with Crippen LogP contribution in [0.25, 0.3) is 5.69 Å². The fourth-order valence-corrected chi connectivity index (χ4v) is 2.45. The second-order valence-electron chi connectivity index (χ2n) is 5.21. The molecule has 0 spiro atoms. The summed E-state index contributed by atoms with van der Waals surface area (Å²) in [6.45, 7) is 1.61. The number of hydrogen-bond donors (Lipinski definition) is 1. The lowest BCUT2D eigenvalue weighted by molar-refractivity contribution is -0.385. The third-order valence-electron chi connectivity index (χ3n) is 3.54. The summed E-state index contributed by atoms with van der Waals surface area (Å²) in [6.07, 6.45) is 2.85. The van der Waals surface area contributed by atoms with Gasteiger partial charge in [-0.2, -0.15) is 5.10 Å². The van der Waals surface area contributed by atoms with Crippen LogP contribution in [0.1, 0.15) is 15.9 Å². The number of aromatic nitrogens is 3. The summed E-state index contributed by atoms with van der Waals surface area (Å²) in [5, 5.41) is 18.2. The summed E-state index contributed by atoms with van der Waals surface area (Å²) in [4.78, 5) is 26.9. The second-order valence-corrected chi connectivity index (χ2v) is 5.65. The van der Waals surface area contributed by atoms with Crippen LogP contribution in [0.15, 0.2) is 49.1 Å². The van der Waals surface area contributed by atoms with E-state index in [9.17, 15) is 14.9 Å². The number of aryl methyl sites for hydroxylation is 1. The van der Waals surface area contributed by atoms with Gasteiger partial charge in [-0.1, -0.05) is 17.7 Å². The van der Waals surface area contributed by atoms with Crippen LogP contribution in [0, 0.1) is 17.0 Å². The molecule has 0 unspecified atom stereocenters. The maximum atomic E-state index is 12.5. The molecule has 1 N–H and O–H groups in total. The Bertz CT molecular complexity index is 956. The van der Waals surface area contributed by atoms with Crippen molar-refractivity contribution < 1.29 is 9.72 Å². The van der Waals surface area contributed by atoms with Gasteiger partial charge in [-0.05, 0) is 31.2 Å². The van der Waals surface area contributed by atoms with Crippen molar-refractivity contribution in [3.63, 3.8) is 0 Å². The van der Waals surface area contributed by atoms with E-state index in [4.69, 9.17) is 11.6 Å². The second kappa shape index (κ2) is 6.70. The summed E-state index contributed by atoms with van der Waals surface area (Å²) in [5.41, 5.74) is 1.51. The van der Waals surface area contributed by atoms with Gasteiger partial charge in [0, 0.05) is 22.2 Å². The molecule has 25 heavy (non-hydrogen) atoms. The molecule has 0 bridgehead atoms. The molecule has 0 aliphatic rings. The molecule has 0 saturated carbocycles. The zero-order valence-electron chi connectivity index (χ0n) is 13.0. The number of halogens is 1. The Morgan fingerprint density at radius 3 is 2.76 bits per heavy atom. The lowest BCUT2D eigenvalue weighted by Crippen LogP contribution is -2.14. The average Bonchev–Trinajstić information content (AvgIpc) is 3.09. The molecule has 0 fully saturated rings. The first-order valence-corrected chi connectivity index (χ1v) is 7.54. The number of nitrogens with zero attached hydrogens (tertiary/aromatic N) is 4. The Balaban J connectivity index is 1.95. The van der Waals surface area contributed by atoms with E-state index in [1.165, 1.54) is 35.5 Å². The predicted octanol–water partition coefficient (Wildman–Crippen LogP) is 3.39. The van der Waals surface area contributed by atoms with Crippen LogP contribution in [0.3, 0.4) is 0 Å². The molecule has 3 rings (SSSR count). The maximum Gasteiger partial charge on any atom is 0.273 e.